The van der Waals surface area contributed by atoms with Crippen molar-refractivity contribution in [3.8, 4) is 0 Å². The van der Waals surface area contributed by atoms with E-state index in [1.807, 2.05) is 6.07 Å². The predicted octanol–water partition coefficient (Wildman–Crippen LogP) is 2.21. The summed E-state index contributed by atoms with van der Waals surface area (Å²) in [5.74, 6) is 1.89. The number of nitrogens with zero attached hydrogens (tertiary/aromatic N) is 2. The summed E-state index contributed by atoms with van der Waals surface area (Å²) in [6, 6.07) is 4.06. The molecule has 3 heterocycles. The summed E-state index contributed by atoms with van der Waals surface area (Å²) in [6.45, 7) is 8.76. The van der Waals surface area contributed by atoms with Gasteiger partial charge in [0, 0.05) is 32.8 Å². The quantitative estimate of drug-likeness (QED) is 0.844. The van der Waals surface area contributed by atoms with Gasteiger partial charge in [0.1, 0.15) is 5.76 Å². The molecular formula is C16H26N2O2. The van der Waals surface area contributed by atoms with Crippen LogP contribution in [-0.2, 0) is 11.3 Å². The molecule has 2 aliphatic rings. The molecule has 4 nitrogen and oxygen atoms in total. The second kappa shape index (κ2) is 7.25. The number of likely N-dealkylation sites (tertiary alicyclic amines) is 1. The van der Waals surface area contributed by atoms with E-state index in [0.29, 0.717) is 0 Å². The molecule has 0 aromatic carbocycles. The van der Waals surface area contributed by atoms with Gasteiger partial charge in [0.05, 0.1) is 19.4 Å². The Hall–Kier alpha value is -0.840. The van der Waals surface area contributed by atoms with E-state index >= 15 is 0 Å². The molecule has 0 saturated carbocycles. The zero-order valence-corrected chi connectivity index (χ0v) is 12.3. The number of piperidine rings is 1. The van der Waals surface area contributed by atoms with Crippen LogP contribution in [0.2, 0.25) is 0 Å². The minimum Gasteiger partial charge on any atom is -0.468 e. The normalized spacial score (nSPS) is 26.5. The van der Waals surface area contributed by atoms with Crippen LogP contribution in [0.1, 0.15) is 25.0 Å². The Balaban J connectivity index is 1.47. The number of rotatable bonds is 4. The summed E-state index contributed by atoms with van der Waals surface area (Å²) >= 11 is 0. The highest BCUT2D eigenvalue weighted by molar-refractivity contribution is 4.98. The van der Waals surface area contributed by atoms with Crippen molar-refractivity contribution in [1.29, 1.82) is 0 Å². The number of furan rings is 1. The average molecular weight is 278 g/mol. The number of hydrogen-bond donors (Lipinski definition) is 0. The van der Waals surface area contributed by atoms with Crippen molar-refractivity contribution < 1.29 is 9.15 Å². The lowest BCUT2D eigenvalue weighted by molar-refractivity contribution is 0.112. The minimum atomic E-state index is 0.803. The van der Waals surface area contributed by atoms with E-state index in [2.05, 4.69) is 15.9 Å². The molecule has 4 heteroatoms. The van der Waals surface area contributed by atoms with Crippen molar-refractivity contribution in [1.82, 2.24) is 9.80 Å². The average Bonchev–Trinajstić information content (AvgIpc) is 2.82. The standard InChI is InChI=1S/C16H26N2O2/c1-4-15(12-17-7-3-9-19-11-8-17)13-18(6-1)14-16-5-2-10-20-16/h2,5,10,15H,1,3-4,6-9,11-14H2. The van der Waals surface area contributed by atoms with Crippen molar-refractivity contribution in [3.63, 3.8) is 0 Å². The first-order valence-corrected chi connectivity index (χ1v) is 7.95. The molecule has 1 unspecified atom stereocenters. The first-order valence-electron chi connectivity index (χ1n) is 7.95. The lowest BCUT2D eigenvalue weighted by Crippen LogP contribution is -2.41. The molecule has 1 aromatic rings. The smallest absolute Gasteiger partial charge is 0.117 e. The maximum Gasteiger partial charge on any atom is 0.117 e. The Kier molecular flexibility index (Phi) is 5.12. The largest absolute Gasteiger partial charge is 0.468 e. The minimum absolute atomic E-state index is 0.803. The van der Waals surface area contributed by atoms with Crippen LogP contribution in [0.25, 0.3) is 0 Å². The molecule has 0 radical (unpaired) electrons. The van der Waals surface area contributed by atoms with Gasteiger partial charge in [-0.1, -0.05) is 0 Å². The van der Waals surface area contributed by atoms with Gasteiger partial charge in [-0.3, -0.25) is 4.90 Å². The zero-order valence-electron chi connectivity index (χ0n) is 12.3. The third-order valence-corrected chi connectivity index (χ3v) is 4.39. The second-order valence-electron chi connectivity index (χ2n) is 6.09. The Morgan fingerprint density at radius 3 is 2.95 bits per heavy atom. The second-order valence-corrected chi connectivity index (χ2v) is 6.09. The van der Waals surface area contributed by atoms with Gasteiger partial charge < -0.3 is 14.1 Å². The summed E-state index contributed by atoms with van der Waals surface area (Å²) in [6.07, 6.45) is 5.64. The monoisotopic (exact) mass is 278 g/mol. The van der Waals surface area contributed by atoms with Gasteiger partial charge >= 0.3 is 0 Å². The first kappa shape index (κ1) is 14.1. The van der Waals surface area contributed by atoms with E-state index in [1.165, 1.54) is 45.4 Å². The Labute approximate surface area is 121 Å². The van der Waals surface area contributed by atoms with Crippen molar-refractivity contribution >= 4 is 0 Å². The molecule has 0 aliphatic carbocycles. The molecular weight excluding hydrogens is 252 g/mol. The van der Waals surface area contributed by atoms with Crippen molar-refractivity contribution in [2.45, 2.75) is 25.8 Å². The summed E-state index contributed by atoms with van der Waals surface area (Å²) < 4.78 is 11.0. The summed E-state index contributed by atoms with van der Waals surface area (Å²) in [5, 5.41) is 0. The zero-order chi connectivity index (χ0) is 13.6. The predicted molar refractivity (Wildman–Crippen MR) is 78.6 cm³/mol. The molecule has 112 valence electrons. The fourth-order valence-corrected chi connectivity index (χ4v) is 3.41. The Morgan fingerprint density at radius 1 is 1.10 bits per heavy atom. The fraction of sp³-hybridized carbons (Fsp3) is 0.750. The Bertz CT molecular complexity index is 372. The molecule has 0 bridgehead atoms. The molecule has 3 rings (SSSR count). The van der Waals surface area contributed by atoms with E-state index in [-0.39, 0.29) is 0 Å². The van der Waals surface area contributed by atoms with E-state index in [0.717, 1.165) is 38.0 Å². The molecule has 2 fully saturated rings. The van der Waals surface area contributed by atoms with Gasteiger partial charge in [0.2, 0.25) is 0 Å². The van der Waals surface area contributed by atoms with Gasteiger partial charge in [-0.2, -0.15) is 0 Å². The van der Waals surface area contributed by atoms with E-state index in [4.69, 9.17) is 9.15 Å². The maximum absolute atomic E-state index is 5.54. The van der Waals surface area contributed by atoms with Crippen LogP contribution < -0.4 is 0 Å². The highest BCUT2D eigenvalue weighted by Gasteiger charge is 2.23. The Morgan fingerprint density at radius 2 is 2.05 bits per heavy atom. The fourth-order valence-electron chi connectivity index (χ4n) is 3.41. The maximum atomic E-state index is 5.54. The van der Waals surface area contributed by atoms with Crippen LogP contribution in [0.3, 0.4) is 0 Å². The van der Waals surface area contributed by atoms with Crippen molar-refractivity contribution in [2.24, 2.45) is 5.92 Å². The first-order chi connectivity index (χ1) is 9.90. The summed E-state index contributed by atoms with van der Waals surface area (Å²) in [4.78, 5) is 5.13. The van der Waals surface area contributed by atoms with Crippen LogP contribution in [-0.4, -0.2) is 55.7 Å². The highest BCUT2D eigenvalue weighted by atomic mass is 16.5. The lowest BCUT2D eigenvalue weighted by atomic mass is 9.97. The summed E-state index contributed by atoms with van der Waals surface area (Å²) in [5.41, 5.74) is 0. The van der Waals surface area contributed by atoms with Gasteiger partial charge in [-0.15, -0.1) is 0 Å². The molecule has 2 aliphatic heterocycles. The van der Waals surface area contributed by atoms with E-state index in [9.17, 15) is 0 Å². The van der Waals surface area contributed by atoms with E-state index < -0.39 is 0 Å². The number of ether oxygens (including phenoxy) is 1. The molecule has 20 heavy (non-hydrogen) atoms. The van der Waals surface area contributed by atoms with Crippen LogP contribution in [0.15, 0.2) is 22.8 Å². The van der Waals surface area contributed by atoms with Gasteiger partial charge in [0.25, 0.3) is 0 Å². The van der Waals surface area contributed by atoms with Crippen LogP contribution in [0.5, 0.6) is 0 Å². The highest BCUT2D eigenvalue weighted by Crippen LogP contribution is 2.20. The summed E-state index contributed by atoms with van der Waals surface area (Å²) in [7, 11) is 0. The lowest BCUT2D eigenvalue weighted by Gasteiger charge is -2.34. The molecule has 0 N–H and O–H groups in total. The molecule has 0 spiro atoms. The van der Waals surface area contributed by atoms with Crippen LogP contribution in [0.4, 0.5) is 0 Å². The number of hydrogen-bond acceptors (Lipinski definition) is 4. The van der Waals surface area contributed by atoms with Gasteiger partial charge in [0.15, 0.2) is 0 Å². The van der Waals surface area contributed by atoms with Crippen LogP contribution >= 0.6 is 0 Å². The molecule has 0 amide bonds. The van der Waals surface area contributed by atoms with Gasteiger partial charge in [-0.05, 0) is 43.9 Å². The van der Waals surface area contributed by atoms with E-state index in [1.54, 1.807) is 6.26 Å². The SMILES string of the molecule is c1coc(CN2CCCC(CN3CCCOCC3)C2)c1. The third-order valence-electron chi connectivity index (χ3n) is 4.39. The topological polar surface area (TPSA) is 28.9 Å². The van der Waals surface area contributed by atoms with Gasteiger partial charge in [-0.25, -0.2) is 0 Å². The molecule has 2 saturated heterocycles. The van der Waals surface area contributed by atoms with Crippen molar-refractivity contribution in [3.05, 3.63) is 24.2 Å². The third kappa shape index (κ3) is 4.08. The molecule has 1 atom stereocenters. The van der Waals surface area contributed by atoms with Crippen molar-refractivity contribution in [2.75, 3.05) is 45.9 Å². The van der Waals surface area contributed by atoms with Crippen LogP contribution in [0, 0.1) is 5.92 Å². The molecule has 1 aromatic heterocycles.